The van der Waals surface area contributed by atoms with Crippen LogP contribution in [0.25, 0.3) is 0 Å². The minimum absolute atomic E-state index is 0.347. The first-order valence-corrected chi connectivity index (χ1v) is 5.92. The second kappa shape index (κ2) is 4.92. The molecule has 0 bridgehead atoms. The number of benzene rings is 1. The quantitative estimate of drug-likeness (QED) is 0.871. The van der Waals surface area contributed by atoms with E-state index in [0.717, 1.165) is 5.56 Å². The first-order chi connectivity index (χ1) is 7.63. The van der Waals surface area contributed by atoms with Gasteiger partial charge in [-0.2, -0.15) is 0 Å². The van der Waals surface area contributed by atoms with E-state index in [9.17, 15) is 9.50 Å². The van der Waals surface area contributed by atoms with Crippen molar-refractivity contribution < 1.29 is 9.50 Å². The van der Waals surface area contributed by atoms with Crippen LogP contribution in [0.15, 0.2) is 18.2 Å². The molecule has 0 aliphatic carbocycles. The molecule has 0 aliphatic rings. The summed E-state index contributed by atoms with van der Waals surface area (Å²) in [5.41, 5.74) is -0.519. The average molecular weight is 260 g/mol. The van der Waals surface area contributed by atoms with Crippen LogP contribution in [0.5, 0.6) is 0 Å². The first-order valence-electron chi connectivity index (χ1n) is 5.55. The summed E-state index contributed by atoms with van der Waals surface area (Å²) >= 11 is 5.93. The third kappa shape index (κ3) is 3.66. The van der Waals surface area contributed by atoms with Gasteiger partial charge in [-0.05, 0) is 45.4 Å². The van der Waals surface area contributed by atoms with Crippen molar-refractivity contribution in [1.82, 2.24) is 5.32 Å². The molecule has 0 unspecified atom stereocenters. The summed E-state index contributed by atoms with van der Waals surface area (Å²) in [6.07, 6.45) is 0. The SMILES string of the molecule is CC(C)(O)C(C)(C)NCc1ccc(F)cc1Cl. The second-order valence-corrected chi connectivity index (χ2v) is 5.68. The third-order valence-corrected chi connectivity index (χ3v) is 3.62. The van der Waals surface area contributed by atoms with E-state index in [2.05, 4.69) is 5.32 Å². The smallest absolute Gasteiger partial charge is 0.124 e. The van der Waals surface area contributed by atoms with Crippen molar-refractivity contribution in [2.45, 2.75) is 45.4 Å². The van der Waals surface area contributed by atoms with Gasteiger partial charge in [-0.15, -0.1) is 0 Å². The molecule has 1 aromatic carbocycles. The number of hydrogen-bond donors (Lipinski definition) is 2. The standard InChI is InChI=1S/C13H19ClFNO/c1-12(2,13(3,4)17)16-8-9-5-6-10(15)7-11(9)14/h5-7,16-17H,8H2,1-4H3. The highest BCUT2D eigenvalue weighted by molar-refractivity contribution is 6.31. The number of aliphatic hydroxyl groups is 1. The molecule has 17 heavy (non-hydrogen) atoms. The Morgan fingerprint density at radius 1 is 1.29 bits per heavy atom. The minimum atomic E-state index is -0.862. The van der Waals surface area contributed by atoms with E-state index in [0.29, 0.717) is 11.6 Å². The molecule has 0 aromatic heterocycles. The van der Waals surface area contributed by atoms with Gasteiger partial charge in [0.05, 0.1) is 5.60 Å². The topological polar surface area (TPSA) is 32.3 Å². The molecular formula is C13H19ClFNO. The van der Waals surface area contributed by atoms with Gasteiger partial charge in [0.2, 0.25) is 0 Å². The van der Waals surface area contributed by atoms with Crippen molar-refractivity contribution >= 4 is 11.6 Å². The van der Waals surface area contributed by atoms with Crippen LogP contribution in [0.2, 0.25) is 5.02 Å². The molecule has 0 atom stereocenters. The van der Waals surface area contributed by atoms with Crippen LogP contribution in [0.3, 0.4) is 0 Å². The summed E-state index contributed by atoms with van der Waals surface area (Å²) in [7, 11) is 0. The van der Waals surface area contributed by atoms with E-state index in [1.54, 1.807) is 19.9 Å². The Kier molecular flexibility index (Phi) is 4.18. The monoisotopic (exact) mass is 259 g/mol. The zero-order chi connectivity index (χ0) is 13.3. The van der Waals surface area contributed by atoms with E-state index in [1.807, 2.05) is 13.8 Å². The predicted octanol–water partition coefficient (Wildman–Crippen LogP) is 3.12. The Balaban J connectivity index is 2.74. The van der Waals surface area contributed by atoms with Crippen molar-refractivity contribution in [1.29, 1.82) is 0 Å². The Bertz CT molecular complexity index is 399. The van der Waals surface area contributed by atoms with Gasteiger partial charge in [0.15, 0.2) is 0 Å². The minimum Gasteiger partial charge on any atom is -0.389 e. The van der Waals surface area contributed by atoms with Crippen LogP contribution in [0.4, 0.5) is 4.39 Å². The molecule has 0 saturated heterocycles. The molecule has 0 aliphatic heterocycles. The number of nitrogens with one attached hydrogen (secondary N) is 1. The Morgan fingerprint density at radius 2 is 1.88 bits per heavy atom. The van der Waals surface area contributed by atoms with E-state index < -0.39 is 11.1 Å². The average Bonchev–Trinajstić information content (AvgIpc) is 2.14. The van der Waals surface area contributed by atoms with Crippen molar-refractivity contribution in [2.24, 2.45) is 0 Å². The van der Waals surface area contributed by atoms with Crippen molar-refractivity contribution in [2.75, 3.05) is 0 Å². The van der Waals surface area contributed by atoms with Crippen LogP contribution in [-0.2, 0) is 6.54 Å². The van der Waals surface area contributed by atoms with Crippen molar-refractivity contribution in [3.8, 4) is 0 Å². The van der Waals surface area contributed by atoms with Crippen LogP contribution < -0.4 is 5.32 Å². The second-order valence-electron chi connectivity index (χ2n) is 5.27. The molecule has 1 aromatic rings. The lowest BCUT2D eigenvalue weighted by Crippen LogP contribution is -2.55. The number of halogens is 2. The molecule has 0 fully saturated rings. The van der Waals surface area contributed by atoms with Gasteiger partial charge in [0, 0.05) is 17.1 Å². The Morgan fingerprint density at radius 3 is 2.35 bits per heavy atom. The fourth-order valence-corrected chi connectivity index (χ4v) is 1.43. The first kappa shape index (κ1) is 14.4. The summed E-state index contributed by atoms with van der Waals surface area (Å²) in [5, 5.41) is 13.6. The van der Waals surface area contributed by atoms with Gasteiger partial charge in [-0.25, -0.2) is 4.39 Å². The van der Waals surface area contributed by atoms with Crippen molar-refractivity contribution in [3.05, 3.63) is 34.6 Å². The van der Waals surface area contributed by atoms with Crippen molar-refractivity contribution in [3.63, 3.8) is 0 Å². The Labute approximate surface area is 107 Å². The van der Waals surface area contributed by atoms with E-state index in [-0.39, 0.29) is 5.82 Å². The van der Waals surface area contributed by atoms with E-state index in [1.165, 1.54) is 12.1 Å². The molecule has 0 radical (unpaired) electrons. The van der Waals surface area contributed by atoms with Gasteiger partial charge < -0.3 is 10.4 Å². The van der Waals surface area contributed by atoms with E-state index >= 15 is 0 Å². The normalized spacial score (nSPS) is 12.9. The van der Waals surface area contributed by atoms with Crippen LogP contribution in [-0.4, -0.2) is 16.2 Å². The highest BCUT2D eigenvalue weighted by Crippen LogP contribution is 2.23. The summed E-state index contributed by atoms with van der Waals surface area (Å²) < 4.78 is 12.9. The highest BCUT2D eigenvalue weighted by Gasteiger charge is 2.34. The van der Waals surface area contributed by atoms with Gasteiger partial charge in [-0.3, -0.25) is 0 Å². The number of hydrogen-bond acceptors (Lipinski definition) is 2. The largest absolute Gasteiger partial charge is 0.389 e. The summed E-state index contributed by atoms with van der Waals surface area (Å²) in [5.74, 6) is -0.347. The molecule has 4 heteroatoms. The molecule has 0 saturated carbocycles. The lowest BCUT2D eigenvalue weighted by molar-refractivity contribution is -0.00531. The fraction of sp³-hybridized carbons (Fsp3) is 0.538. The predicted molar refractivity (Wildman–Crippen MR) is 68.6 cm³/mol. The van der Waals surface area contributed by atoms with Gasteiger partial charge in [0.1, 0.15) is 5.82 Å². The molecule has 2 nitrogen and oxygen atoms in total. The molecular weight excluding hydrogens is 241 g/mol. The van der Waals surface area contributed by atoms with Crippen LogP contribution >= 0.6 is 11.6 Å². The van der Waals surface area contributed by atoms with Gasteiger partial charge in [0.25, 0.3) is 0 Å². The molecule has 0 spiro atoms. The molecule has 0 amide bonds. The molecule has 2 N–H and O–H groups in total. The summed E-state index contributed by atoms with van der Waals surface area (Å²) in [4.78, 5) is 0. The lowest BCUT2D eigenvalue weighted by atomic mass is 9.86. The maximum absolute atomic E-state index is 12.9. The van der Waals surface area contributed by atoms with Gasteiger partial charge in [-0.1, -0.05) is 17.7 Å². The Hall–Kier alpha value is -0.640. The van der Waals surface area contributed by atoms with Gasteiger partial charge >= 0.3 is 0 Å². The lowest BCUT2D eigenvalue weighted by Gasteiger charge is -2.38. The van der Waals surface area contributed by atoms with Crippen LogP contribution in [0, 0.1) is 5.82 Å². The zero-order valence-corrected chi connectivity index (χ0v) is 11.4. The molecule has 96 valence electrons. The molecule has 0 heterocycles. The summed E-state index contributed by atoms with van der Waals surface area (Å²) in [6, 6.07) is 4.31. The highest BCUT2D eigenvalue weighted by atomic mass is 35.5. The molecule has 1 rings (SSSR count). The maximum Gasteiger partial charge on any atom is 0.124 e. The zero-order valence-electron chi connectivity index (χ0n) is 10.6. The fourth-order valence-electron chi connectivity index (χ4n) is 1.20. The van der Waals surface area contributed by atoms with E-state index in [4.69, 9.17) is 11.6 Å². The maximum atomic E-state index is 12.9. The third-order valence-electron chi connectivity index (χ3n) is 3.27. The van der Waals surface area contributed by atoms with Crippen LogP contribution in [0.1, 0.15) is 33.3 Å². The summed E-state index contributed by atoms with van der Waals surface area (Å²) in [6.45, 7) is 7.78. The number of rotatable bonds is 4.